The van der Waals surface area contributed by atoms with Gasteiger partial charge in [0.2, 0.25) is 0 Å². The molecule has 0 heterocycles. The lowest BCUT2D eigenvalue weighted by Gasteiger charge is -1.82. The summed E-state index contributed by atoms with van der Waals surface area (Å²) in [5, 5.41) is 3.27. The molecule has 0 unspecified atom stereocenters. The molecule has 0 aromatic carbocycles. The van der Waals surface area contributed by atoms with Gasteiger partial charge in [-0.1, -0.05) is 0 Å². The molecular weight excluding hydrogens is 104 g/mol. The first kappa shape index (κ1) is 7.14. The monoisotopic (exact) mass is 114 g/mol. The van der Waals surface area contributed by atoms with Gasteiger partial charge in [-0.05, 0) is 12.8 Å². The number of aldehydes is 1. The third kappa shape index (κ3) is 5.14. The zero-order chi connectivity index (χ0) is 6.24. The number of rotatable bonds is 4. The van der Waals surface area contributed by atoms with Crippen LogP contribution in [0.5, 0.6) is 0 Å². The highest BCUT2D eigenvalue weighted by molar-refractivity contribution is 5.57. The standard InChI is InChI=1S/C5H10N2O/c6-7-4-2-1-3-5-8/h4-5H,1-3,6H2. The molecule has 0 aliphatic rings. The minimum atomic E-state index is 0.603. The lowest BCUT2D eigenvalue weighted by atomic mass is 10.3. The molecule has 0 radical (unpaired) electrons. The minimum Gasteiger partial charge on any atom is -0.324 e. The molecule has 2 N–H and O–H groups in total. The fraction of sp³-hybridized carbons (Fsp3) is 0.600. The Balaban J connectivity index is 2.82. The average Bonchev–Trinajstić information content (AvgIpc) is 1.81. The smallest absolute Gasteiger partial charge is 0.120 e. The van der Waals surface area contributed by atoms with Gasteiger partial charge in [-0.15, -0.1) is 0 Å². The zero-order valence-electron chi connectivity index (χ0n) is 4.71. The SMILES string of the molecule is NN=CCCCC=O. The van der Waals surface area contributed by atoms with E-state index >= 15 is 0 Å². The summed E-state index contributed by atoms with van der Waals surface area (Å²) in [5.74, 6) is 4.79. The topological polar surface area (TPSA) is 55.4 Å². The largest absolute Gasteiger partial charge is 0.324 e. The molecular formula is C5H10N2O. The maximum absolute atomic E-state index is 9.69. The first-order valence-electron chi connectivity index (χ1n) is 2.57. The van der Waals surface area contributed by atoms with Crippen LogP contribution < -0.4 is 5.84 Å². The Hall–Kier alpha value is -0.860. The van der Waals surface area contributed by atoms with Gasteiger partial charge in [0.25, 0.3) is 0 Å². The zero-order valence-corrected chi connectivity index (χ0v) is 4.71. The second kappa shape index (κ2) is 6.14. The van der Waals surface area contributed by atoms with Crippen molar-refractivity contribution >= 4 is 12.5 Å². The number of carbonyl (C=O) groups is 1. The maximum Gasteiger partial charge on any atom is 0.120 e. The summed E-state index contributed by atoms with van der Waals surface area (Å²) in [4.78, 5) is 9.69. The van der Waals surface area contributed by atoms with Gasteiger partial charge in [-0.2, -0.15) is 5.10 Å². The lowest BCUT2D eigenvalue weighted by Crippen LogP contribution is -1.83. The van der Waals surface area contributed by atoms with E-state index in [0.717, 1.165) is 19.1 Å². The van der Waals surface area contributed by atoms with Crippen molar-refractivity contribution in [2.45, 2.75) is 19.3 Å². The predicted octanol–water partition coefficient (Wildman–Crippen LogP) is 0.300. The second-order valence-electron chi connectivity index (χ2n) is 1.43. The van der Waals surface area contributed by atoms with Crippen molar-refractivity contribution in [3.8, 4) is 0 Å². The fourth-order valence-corrected chi connectivity index (χ4v) is 0.367. The van der Waals surface area contributed by atoms with E-state index in [0.29, 0.717) is 6.42 Å². The maximum atomic E-state index is 9.69. The summed E-state index contributed by atoms with van der Waals surface area (Å²) in [6, 6.07) is 0. The van der Waals surface area contributed by atoms with Crippen LogP contribution in [0, 0.1) is 0 Å². The Morgan fingerprint density at radius 1 is 1.50 bits per heavy atom. The van der Waals surface area contributed by atoms with Crippen LogP contribution in [-0.2, 0) is 4.79 Å². The van der Waals surface area contributed by atoms with E-state index in [1.54, 1.807) is 6.21 Å². The number of hydrazone groups is 1. The Morgan fingerprint density at radius 2 is 2.25 bits per heavy atom. The van der Waals surface area contributed by atoms with E-state index < -0.39 is 0 Å². The van der Waals surface area contributed by atoms with Crippen LogP contribution in [0.4, 0.5) is 0 Å². The molecule has 0 amide bonds. The number of nitrogens with zero attached hydrogens (tertiary/aromatic N) is 1. The van der Waals surface area contributed by atoms with E-state index in [4.69, 9.17) is 5.84 Å². The van der Waals surface area contributed by atoms with Crippen molar-refractivity contribution in [1.29, 1.82) is 0 Å². The quantitative estimate of drug-likeness (QED) is 0.188. The van der Waals surface area contributed by atoms with Crippen LogP contribution in [0.3, 0.4) is 0 Å². The lowest BCUT2D eigenvalue weighted by molar-refractivity contribution is -0.107. The van der Waals surface area contributed by atoms with E-state index in [9.17, 15) is 4.79 Å². The molecule has 3 heteroatoms. The Bertz CT molecular complexity index is 80.5. The van der Waals surface area contributed by atoms with E-state index in [1.807, 2.05) is 0 Å². The van der Waals surface area contributed by atoms with Crippen molar-refractivity contribution in [3.63, 3.8) is 0 Å². The van der Waals surface area contributed by atoms with Crippen LogP contribution in [0.2, 0.25) is 0 Å². The third-order valence-corrected chi connectivity index (χ3v) is 0.761. The number of hydrogen-bond acceptors (Lipinski definition) is 3. The van der Waals surface area contributed by atoms with Gasteiger partial charge in [-0.3, -0.25) is 0 Å². The highest BCUT2D eigenvalue weighted by Gasteiger charge is 1.79. The summed E-state index contributed by atoms with van der Waals surface area (Å²) in [7, 11) is 0. The van der Waals surface area contributed by atoms with Crippen molar-refractivity contribution < 1.29 is 4.79 Å². The Kier molecular flexibility index (Phi) is 5.48. The van der Waals surface area contributed by atoms with Crippen molar-refractivity contribution in [3.05, 3.63) is 0 Å². The van der Waals surface area contributed by atoms with Crippen molar-refractivity contribution in [2.75, 3.05) is 0 Å². The Morgan fingerprint density at radius 3 is 2.75 bits per heavy atom. The number of carbonyl (C=O) groups excluding carboxylic acids is 1. The second-order valence-corrected chi connectivity index (χ2v) is 1.43. The number of unbranched alkanes of at least 4 members (excludes halogenated alkanes) is 2. The molecule has 0 atom stereocenters. The van der Waals surface area contributed by atoms with Crippen LogP contribution >= 0.6 is 0 Å². The van der Waals surface area contributed by atoms with Crippen LogP contribution in [0.25, 0.3) is 0 Å². The van der Waals surface area contributed by atoms with Crippen LogP contribution in [-0.4, -0.2) is 12.5 Å². The molecule has 0 saturated carbocycles. The first-order chi connectivity index (χ1) is 3.91. The predicted molar refractivity (Wildman–Crippen MR) is 32.6 cm³/mol. The van der Waals surface area contributed by atoms with Crippen LogP contribution in [0.1, 0.15) is 19.3 Å². The molecule has 0 rings (SSSR count). The van der Waals surface area contributed by atoms with Gasteiger partial charge < -0.3 is 10.6 Å². The molecule has 0 bridgehead atoms. The molecule has 0 aromatic heterocycles. The highest BCUT2D eigenvalue weighted by atomic mass is 16.1. The van der Waals surface area contributed by atoms with E-state index in [1.165, 1.54) is 0 Å². The molecule has 46 valence electrons. The first-order valence-corrected chi connectivity index (χ1v) is 2.57. The summed E-state index contributed by atoms with van der Waals surface area (Å²) in [6.45, 7) is 0. The fourth-order valence-electron chi connectivity index (χ4n) is 0.367. The van der Waals surface area contributed by atoms with Gasteiger partial charge in [0, 0.05) is 12.6 Å². The van der Waals surface area contributed by atoms with Gasteiger partial charge in [0.15, 0.2) is 0 Å². The van der Waals surface area contributed by atoms with Crippen molar-refractivity contribution in [2.24, 2.45) is 10.9 Å². The third-order valence-electron chi connectivity index (χ3n) is 0.761. The minimum absolute atomic E-state index is 0.603. The summed E-state index contributed by atoms with van der Waals surface area (Å²) >= 11 is 0. The normalized spacial score (nSPS) is 10.0. The molecule has 0 aliphatic carbocycles. The molecule has 0 aromatic rings. The molecule has 0 saturated heterocycles. The van der Waals surface area contributed by atoms with Gasteiger partial charge in [0.05, 0.1) is 0 Å². The molecule has 8 heavy (non-hydrogen) atoms. The summed E-state index contributed by atoms with van der Waals surface area (Å²) < 4.78 is 0. The summed E-state index contributed by atoms with van der Waals surface area (Å²) in [5.41, 5.74) is 0. The van der Waals surface area contributed by atoms with E-state index in [-0.39, 0.29) is 0 Å². The van der Waals surface area contributed by atoms with Crippen LogP contribution in [0.15, 0.2) is 5.10 Å². The van der Waals surface area contributed by atoms with Gasteiger partial charge in [0.1, 0.15) is 6.29 Å². The highest BCUT2D eigenvalue weighted by Crippen LogP contribution is 1.86. The molecule has 3 nitrogen and oxygen atoms in total. The van der Waals surface area contributed by atoms with Crippen molar-refractivity contribution in [1.82, 2.24) is 0 Å². The van der Waals surface area contributed by atoms with Gasteiger partial charge >= 0.3 is 0 Å². The molecule has 0 fully saturated rings. The number of hydrogen-bond donors (Lipinski definition) is 1. The van der Waals surface area contributed by atoms with E-state index in [2.05, 4.69) is 5.10 Å². The summed E-state index contributed by atoms with van der Waals surface area (Å²) in [6.07, 6.45) is 4.75. The molecule has 0 spiro atoms. The molecule has 0 aliphatic heterocycles. The van der Waals surface area contributed by atoms with Gasteiger partial charge in [-0.25, -0.2) is 0 Å². The average molecular weight is 114 g/mol. The number of nitrogens with two attached hydrogens (primary N) is 1. The Labute approximate surface area is 48.6 Å².